The van der Waals surface area contributed by atoms with Gasteiger partial charge in [-0.1, -0.05) is 93.5 Å². The normalized spacial score (nSPS) is 26.4. The second-order valence-electron chi connectivity index (χ2n) is 10.4. The number of benzene rings is 2. The van der Waals surface area contributed by atoms with E-state index in [2.05, 4.69) is 30.8 Å². The SMILES string of the molecule is [2H]C(C(C)N=[N+]=[N-])C1(O)C[C@@H](OC(C)=O)[C@H](O)[C@@H](CO[Si](c2ccccc2)(c2ccccc2)C(C)(C)C)O1. The second kappa shape index (κ2) is 11.8. The first-order valence-electron chi connectivity index (χ1n) is 12.9. The summed E-state index contributed by atoms with van der Waals surface area (Å²) in [6, 6.07) is 18.9. The Bertz CT molecular complexity index is 1090. The molecule has 9 nitrogen and oxygen atoms in total. The van der Waals surface area contributed by atoms with E-state index in [0.717, 1.165) is 10.4 Å². The Morgan fingerprint density at radius 2 is 1.78 bits per heavy atom. The van der Waals surface area contributed by atoms with Crippen molar-refractivity contribution in [1.82, 2.24) is 0 Å². The quantitative estimate of drug-likeness (QED) is 0.168. The molecule has 37 heavy (non-hydrogen) atoms. The molecule has 1 aliphatic heterocycles. The van der Waals surface area contributed by atoms with E-state index in [1.54, 1.807) is 0 Å². The number of nitrogens with zero attached hydrogens (tertiary/aromatic N) is 3. The van der Waals surface area contributed by atoms with Gasteiger partial charge in [-0.05, 0) is 20.9 Å². The van der Waals surface area contributed by atoms with E-state index in [4.69, 9.17) is 20.8 Å². The van der Waals surface area contributed by atoms with Gasteiger partial charge >= 0.3 is 5.97 Å². The summed E-state index contributed by atoms with van der Waals surface area (Å²) in [5, 5.41) is 27.8. The van der Waals surface area contributed by atoms with Crippen molar-refractivity contribution in [3.05, 3.63) is 71.1 Å². The van der Waals surface area contributed by atoms with Crippen LogP contribution in [0.3, 0.4) is 0 Å². The number of azide groups is 1. The standard InChI is InChI=1S/C27H37N3O6Si/c1-19(29-30-28)16-27(33)17-23(35-20(2)31)25(32)24(36-27)18-34-37(26(3,4)5,21-12-8-6-9-13-21)22-14-10-7-11-15-22/h6-15,19,23-25,32-33H,16-18H2,1-5H3/t19?,23-,24-,25+,27?/m1/s1/i16D/t16?,19?,23-,24-,25+,27?. The van der Waals surface area contributed by atoms with Crippen LogP contribution in [0.25, 0.3) is 10.4 Å². The molecule has 6 atom stereocenters. The molecular weight excluding hydrogens is 490 g/mol. The summed E-state index contributed by atoms with van der Waals surface area (Å²) in [6.45, 7) is 8.87. The fraction of sp³-hybridized carbons (Fsp3) is 0.519. The molecule has 10 heteroatoms. The zero-order chi connectivity index (χ0) is 28.1. The molecular formula is C27H37N3O6Si. The van der Waals surface area contributed by atoms with Crippen LogP contribution in [0.5, 0.6) is 0 Å². The van der Waals surface area contributed by atoms with Crippen LogP contribution < -0.4 is 10.4 Å². The van der Waals surface area contributed by atoms with Crippen molar-refractivity contribution >= 4 is 24.7 Å². The first-order chi connectivity index (χ1) is 17.9. The van der Waals surface area contributed by atoms with Gasteiger partial charge in [0.15, 0.2) is 5.79 Å². The van der Waals surface area contributed by atoms with Gasteiger partial charge in [0, 0.05) is 32.1 Å². The van der Waals surface area contributed by atoms with Crippen LogP contribution in [-0.2, 0) is 18.7 Å². The summed E-state index contributed by atoms with van der Waals surface area (Å²) in [5.74, 6) is -2.80. The Balaban J connectivity index is 2.04. The van der Waals surface area contributed by atoms with E-state index >= 15 is 0 Å². The van der Waals surface area contributed by atoms with E-state index in [0.29, 0.717) is 0 Å². The van der Waals surface area contributed by atoms with Crippen molar-refractivity contribution in [1.29, 1.82) is 0 Å². The van der Waals surface area contributed by atoms with Gasteiger partial charge in [-0.2, -0.15) is 0 Å². The molecule has 2 aromatic rings. The minimum Gasteiger partial charge on any atom is -0.459 e. The van der Waals surface area contributed by atoms with Crippen LogP contribution in [0.4, 0.5) is 0 Å². The summed E-state index contributed by atoms with van der Waals surface area (Å²) >= 11 is 0. The zero-order valence-corrected chi connectivity index (χ0v) is 22.9. The van der Waals surface area contributed by atoms with Crippen LogP contribution in [0.15, 0.2) is 65.8 Å². The lowest BCUT2D eigenvalue weighted by Gasteiger charge is -2.47. The van der Waals surface area contributed by atoms with Gasteiger partial charge in [0.2, 0.25) is 0 Å². The highest BCUT2D eigenvalue weighted by Gasteiger charge is 2.53. The Morgan fingerprint density at radius 1 is 1.24 bits per heavy atom. The summed E-state index contributed by atoms with van der Waals surface area (Å²) < 4.78 is 26.7. The highest BCUT2D eigenvalue weighted by molar-refractivity contribution is 6.99. The molecule has 2 aromatic carbocycles. The molecule has 0 bridgehead atoms. The van der Waals surface area contributed by atoms with Gasteiger partial charge < -0.3 is 24.1 Å². The molecule has 3 rings (SSSR count). The molecule has 1 aliphatic rings. The van der Waals surface area contributed by atoms with Crippen molar-refractivity contribution in [3.8, 4) is 0 Å². The Kier molecular flexibility index (Phi) is 8.69. The summed E-state index contributed by atoms with van der Waals surface area (Å²) in [6.07, 6.45) is -5.36. The van der Waals surface area contributed by atoms with Crippen LogP contribution in [0.1, 0.15) is 48.8 Å². The molecule has 0 aliphatic carbocycles. The first-order valence-corrected chi connectivity index (χ1v) is 14.2. The maximum absolute atomic E-state index is 11.8. The van der Waals surface area contributed by atoms with Crippen molar-refractivity contribution in [2.45, 2.75) is 82.6 Å². The maximum atomic E-state index is 11.8. The van der Waals surface area contributed by atoms with Gasteiger partial charge in [-0.3, -0.25) is 4.79 Å². The lowest BCUT2D eigenvalue weighted by Crippen LogP contribution is -2.68. The summed E-state index contributed by atoms with van der Waals surface area (Å²) in [7, 11) is -3.02. The number of carbonyl (C=O) groups is 1. The average molecular weight is 529 g/mol. The van der Waals surface area contributed by atoms with E-state index in [1.807, 2.05) is 60.7 Å². The molecule has 0 radical (unpaired) electrons. The lowest BCUT2D eigenvalue weighted by molar-refractivity contribution is -0.308. The van der Waals surface area contributed by atoms with E-state index < -0.39 is 50.8 Å². The van der Waals surface area contributed by atoms with Crippen LogP contribution >= 0.6 is 0 Å². The third kappa shape index (κ3) is 6.59. The monoisotopic (exact) mass is 528 g/mol. The van der Waals surface area contributed by atoms with Crippen molar-refractivity contribution in [3.63, 3.8) is 0 Å². The predicted octanol–water partition coefficient (Wildman–Crippen LogP) is 3.42. The molecule has 1 fully saturated rings. The summed E-state index contributed by atoms with van der Waals surface area (Å²) in [5.41, 5.74) is 8.83. The summed E-state index contributed by atoms with van der Waals surface area (Å²) in [4.78, 5) is 14.5. The van der Waals surface area contributed by atoms with E-state index in [-0.39, 0.29) is 18.1 Å². The third-order valence-electron chi connectivity index (χ3n) is 6.54. The molecule has 1 heterocycles. The number of esters is 1. The average Bonchev–Trinajstić information content (AvgIpc) is 2.87. The fourth-order valence-corrected chi connectivity index (χ4v) is 9.62. The molecule has 0 saturated carbocycles. The molecule has 2 N–H and O–H groups in total. The van der Waals surface area contributed by atoms with Gasteiger partial charge in [0.05, 0.1) is 6.61 Å². The molecule has 1 saturated heterocycles. The van der Waals surface area contributed by atoms with E-state index in [1.165, 1.54) is 13.8 Å². The number of ether oxygens (including phenoxy) is 2. The van der Waals surface area contributed by atoms with Crippen molar-refractivity contribution in [2.24, 2.45) is 5.11 Å². The maximum Gasteiger partial charge on any atom is 0.302 e. The van der Waals surface area contributed by atoms with E-state index in [9.17, 15) is 15.0 Å². The molecule has 0 amide bonds. The topological polar surface area (TPSA) is 134 Å². The Hall–Kier alpha value is -2.72. The molecule has 0 aromatic heterocycles. The lowest BCUT2D eigenvalue weighted by atomic mass is 9.92. The fourth-order valence-electron chi connectivity index (χ4n) is 5.05. The van der Waals surface area contributed by atoms with Gasteiger partial charge in [-0.25, -0.2) is 0 Å². The first kappa shape index (κ1) is 27.3. The van der Waals surface area contributed by atoms with Crippen LogP contribution in [0, 0.1) is 0 Å². The highest BCUT2D eigenvalue weighted by Crippen LogP contribution is 2.39. The van der Waals surface area contributed by atoms with Crippen LogP contribution in [0.2, 0.25) is 5.04 Å². The number of aliphatic hydroxyl groups excluding tert-OH is 1. The van der Waals surface area contributed by atoms with Crippen LogP contribution in [-0.4, -0.2) is 61.2 Å². The van der Waals surface area contributed by atoms with Gasteiger partial charge in [0.1, 0.15) is 18.3 Å². The highest BCUT2D eigenvalue weighted by atomic mass is 28.4. The second-order valence-corrected chi connectivity index (χ2v) is 14.7. The predicted molar refractivity (Wildman–Crippen MR) is 143 cm³/mol. The smallest absolute Gasteiger partial charge is 0.302 e. The molecule has 0 spiro atoms. The minimum absolute atomic E-state index is 0.142. The molecule has 200 valence electrons. The number of rotatable bonds is 9. The Morgan fingerprint density at radius 3 is 2.24 bits per heavy atom. The number of aliphatic hydroxyl groups is 2. The van der Waals surface area contributed by atoms with Gasteiger partial charge in [-0.15, -0.1) is 0 Å². The minimum atomic E-state index is -3.02. The van der Waals surface area contributed by atoms with Crippen molar-refractivity contribution in [2.75, 3.05) is 6.61 Å². The van der Waals surface area contributed by atoms with Crippen molar-refractivity contribution < 1.29 is 30.3 Å². The Labute approximate surface area is 220 Å². The zero-order valence-electron chi connectivity index (χ0n) is 22.9. The number of carbonyl (C=O) groups excluding carboxylic acids is 1. The van der Waals surface area contributed by atoms with Gasteiger partial charge in [0.25, 0.3) is 8.32 Å². The third-order valence-corrected chi connectivity index (χ3v) is 11.5. The number of hydrogen-bond acceptors (Lipinski definition) is 7. The largest absolute Gasteiger partial charge is 0.459 e. The molecule has 3 unspecified atom stereocenters. The number of hydrogen-bond donors (Lipinski definition) is 2.